The lowest BCUT2D eigenvalue weighted by molar-refractivity contribution is -0.121. The van der Waals surface area contributed by atoms with Gasteiger partial charge in [-0.1, -0.05) is 31.2 Å². The van der Waals surface area contributed by atoms with Crippen molar-refractivity contribution in [2.24, 2.45) is 5.73 Å². The highest BCUT2D eigenvalue weighted by molar-refractivity contribution is 5.33. The average Bonchev–Trinajstić information content (AvgIpc) is 2.74. The van der Waals surface area contributed by atoms with E-state index >= 15 is 0 Å². The van der Waals surface area contributed by atoms with E-state index in [-0.39, 0.29) is 24.5 Å². The van der Waals surface area contributed by atoms with Crippen molar-refractivity contribution in [3.8, 4) is 11.5 Å². The summed E-state index contributed by atoms with van der Waals surface area (Å²) in [6.07, 6.45) is 6.53. The Morgan fingerprint density at radius 3 is 2.47 bits per heavy atom. The standard InChI is InChI=1S/C26H31N3O3/c1-18(13-19-7-9-22(10-8-19)31-24-15-21(27)16-24)20-5-3-6-23(14-20)32-26(2,30)17-25-28-11-4-12-29-25/h3-12,14,18,21,24,30H,13,15-17,27H2,1-2H3. The molecule has 6 heteroatoms. The molecule has 2 unspecified atom stereocenters. The van der Waals surface area contributed by atoms with E-state index in [4.69, 9.17) is 15.2 Å². The van der Waals surface area contributed by atoms with Crippen molar-refractivity contribution in [3.63, 3.8) is 0 Å². The summed E-state index contributed by atoms with van der Waals surface area (Å²) >= 11 is 0. The van der Waals surface area contributed by atoms with Crippen molar-refractivity contribution in [2.75, 3.05) is 0 Å². The van der Waals surface area contributed by atoms with E-state index < -0.39 is 5.79 Å². The van der Waals surface area contributed by atoms with Gasteiger partial charge in [-0.05, 0) is 66.6 Å². The molecule has 0 amide bonds. The minimum absolute atomic E-state index is 0.203. The molecule has 1 fully saturated rings. The fourth-order valence-corrected chi connectivity index (χ4v) is 3.96. The number of hydrogen-bond donors (Lipinski definition) is 2. The number of benzene rings is 2. The summed E-state index contributed by atoms with van der Waals surface area (Å²) in [5.74, 6) is 0.951. The summed E-state index contributed by atoms with van der Waals surface area (Å²) in [6.45, 7) is 3.82. The molecule has 0 radical (unpaired) electrons. The summed E-state index contributed by atoms with van der Waals surface area (Å²) in [5, 5.41) is 10.7. The Labute approximate surface area is 189 Å². The fraction of sp³-hybridized carbons (Fsp3) is 0.385. The van der Waals surface area contributed by atoms with Crippen molar-refractivity contribution in [2.45, 2.75) is 63.4 Å². The molecule has 32 heavy (non-hydrogen) atoms. The van der Waals surface area contributed by atoms with Crippen LogP contribution in [0.15, 0.2) is 67.0 Å². The average molecular weight is 434 g/mol. The number of aliphatic hydroxyl groups is 1. The van der Waals surface area contributed by atoms with Crippen LogP contribution in [-0.4, -0.2) is 33.0 Å². The van der Waals surface area contributed by atoms with Gasteiger partial charge in [-0.25, -0.2) is 9.97 Å². The Kier molecular flexibility index (Phi) is 6.72. The zero-order chi connectivity index (χ0) is 22.6. The van der Waals surface area contributed by atoms with Gasteiger partial charge >= 0.3 is 0 Å². The predicted molar refractivity (Wildman–Crippen MR) is 124 cm³/mol. The second-order valence-corrected chi connectivity index (χ2v) is 8.91. The first-order valence-electron chi connectivity index (χ1n) is 11.1. The SMILES string of the molecule is CC(Cc1ccc(OC2CC(N)C2)cc1)c1cccc(OC(C)(O)Cc2ncccn2)c1. The summed E-state index contributed by atoms with van der Waals surface area (Å²) in [4.78, 5) is 8.33. The summed E-state index contributed by atoms with van der Waals surface area (Å²) in [5.41, 5.74) is 8.22. The zero-order valence-corrected chi connectivity index (χ0v) is 18.6. The van der Waals surface area contributed by atoms with E-state index in [0.717, 1.165) is 30.6 Å². The molecule has 4 rings (SSSR count). The predicted octanol–water partition coefficient (Wildman–Crippen LogP) is 4.02. The molecule has 3 aromatic rings. The van der Waals surface area contributed by atoms with Crippen molar-refractivity contribution < 1.29 is 14.6 Å². The second-order valence-electron chi connectivity index (χ2n) is 8.91. The van der Waals surface area contributed by atoms with Crippen LogP contribution >= 0.6 is 0 Å². The van der Waals surface area contributed by atoms with Crippen LogP contribution in [0.3, 0.4) is 0 Å². The van der Waals surface area contributed by atoms with E-state index in [0.29, 0.717) is 11.6 Å². The third kappa shape index (κ3) is 6.05. The molecule has 0 saturated heterocycles. The molecule has 1 heterocycles. The van der Waals surface area contributed by atoms with Crippen LogP contribution < -0.4 is 15.2 Å². The lowest BCUT2D eigenvalue weighted by atomic mass is 9.90. The van der Waals surface area contributed by atoms with Crippen LogP contribution in [0.1, 0.15) is 49.6 Å². The number of aromatic nitrogens is 2. The van der Waals surface area contributed by atoms with Gasteiger partial charge in [0.2, 0.25) is 5.79 Å². The van der Waals surface area contributed by atoms with Crippen LogP contribution in [0.25, 0.3) is 0 Å². The first-order chi connectivity index (χ1) is 15.4. The Bertz CT molecular complexity index is 1000. The molecule has 0 aliphatic heterocycles. The number of nitrogens with zero attached hydrogens (tertiary/aromatic N) is 2. The van der Waals surface area contributed by atoms with Gasteiger partial charge < -0.3 is 20.3 Å². The third-order valence-electron chi connectivity index (χ3n) is 5.77. The van der Waals surface area contributed by atoms with Crippen molar-refractivity contribution in [3.05, 3.63) is 83.9 Å². The smallest absolute Gasteiger partial charge is 0.212 e. The van der Waals surface area contributed by atoms with E-state index in [2.05, 4.69) is 35.1 Å². The third-order valence-corrected chi connectivity index (χ3v) is 5.77. The van der Waals surface area contributed by atoms with Gasteiger partial charge in [0.1, 0.15) is 23.4 Å². The first-order valence-corrected chi connectivity index (χ1v) is 11.1. The van der Waals surface area contributed by atoms with E-state index in [1.54, 1.807) is 25.4 Å². The molecule has 0 bridgehead atoms. The van der Waals surface area contributed by atoms with Gasteiger partial charge in [0.15, 0.2) is 0 Å². The highest BCUT2D eigenvalue weighted by Gasteiger charge is 2.27. The molecule has 1 aromatic heterocycles. The summed E-state index contributed by atoms with van der Waals surface area (Å²) in [7, 11) is 0. The van der Waals surface area contributed by atoms with Gasteiger partial charge in [-0.3, -0.25) is 0 Å². The number of ether oxygens (including phenoxy) is 2. The number of rotatable bonds is 9. The molecular formula is C26H31N3O3. The molecular weight excluding hydrogens is 402 g/mol. The Morgan fingerprint density at radius 2 is 1.78 bits per heavy atom. The van der Waals surface area contributed by atoms with Crippen molar-refractivity contribution in [1.82, 2.24) is 9.97 Å². The maximum Gasteiger partial charge on any atom is 0.212 e. The summed E-state index contributed by atoms with van der Waals surface area (Å²) < 4.78 is 11.8. The van der Waals surface area contributed by atoms with Crippen LogP contribution in [-0.2, 0) is 12.8 Å². The van der Waals surface area contributed by atoms with Gasteiger partial charge in [-0.2, -0.15) is 0 Å². The Hall–Kier alpha value is -2.96. The number of nitrogens with two attached hydrogens (primary N) is 1. The van der Waals surface area contributed by atoms with Gasteiger partial charge in [0.05, 0.1) is 6.42 Å². The van der Waals surface area contributed by atoms with Gasteiger partial charge in [-0.15, -0.1) is 0 Å². The second kappa shape index (κ2) is 9.67. The molecule has 2 aromatic carbocycles. The molecule has 0 spiro atoms. The maximum absolute atomic E-state index is 10.7. The van der Waals surface area contributed by atoms with Gasteiger partial charge in [0, 0.05) is 25.4 Å². The first kappa shape index (κ1) is 22.2. The topological polar surface area (TPSA) is 90.5 Å². The molecule has 2 atom stereocenters. The van der Waals surface area contributed by atoms with Crippen molar-refractivity contribution in [1.29, 1.82) is 0 Å². The fourth-order valence-electron chi connectivity index (χ4n) is 3.96. The largest absolute Gasteiger partial charge is 0.490 e. The van der Waals surface area contributed by atoms with Crippen LogP contribution in [0.4, 0.5) is 0 Å². The van der Waals surface area contributed by atoms with Crippen molar-refractivity contribution >= 4 is 0 Å². The molecule has 6 nitrogen and oxygen atoms in total. The minimum Gasteiger partial charge on any atom is -0.490 e. The normalized spacial score (nSPS) is 20.6. The molecule has 1 aliphatic rings. The molecule has 1 saturated carbocycles. The minimum atomic E-state index is -1.40. The van der Waals surface area contributed by atoms with E-state index in [1.165, 1.54) is 5.56 Å². The van der Waals surface area contributed by atoms with Crippen LogP contribution in [0.5, 0.6) is 11.5 Å². The van der Waals surface area contributed by atoms with E-state index in [1.807, 2.05) is 30.3 Å². The monoisotopic (exact) mass is 433 g/mol. The highest BCUT2D eigenvalue weighted by atomic mass is 16.6. The Balaban J connectivity index is 1.35. The number of hydrogen-bond acceptors (Lipinski definition) is 6. The highest BCUT2D eigenvalue weighted by Crippen LogP contribution is 2.28. The summed E-state index contributed by atoms with van der Waals surface area (Å²) in [6, 6.07) is 18.2. The quantitative estimate of drug-likeness (QED) is 0.495. The molecule has 1 aliphatic carbocycles. The Morgan fingerprint density at radius 1 is 1.06 bits per heavy atom. The lowest BCUT2D eigenvalue weighted by Crippen LogP contribution is -2.43. The van der Waals surface area contributed by atoms with Crippen LogP contribution in [0, 0.1) is 0 Å². The van der Waals surface area contributed by atoms with E-state index in [9.17, 15) is 5.11 Å². The molecule has 3 N–H and O–H groups in total. The lowest BCUT2D eigenvalue weighted by Gasteiger charge is -2.32. The zero-order valence-electron chi connectivity index (χ0n) is 18.6. The van der Waals surface area contributed by atoms with Gasteiger partial charge in [0.25, 0.3) is 0 Å². The maximum atomic E-state index is 10.7. The molecule has 168 valence electrons. The van der Waals surface area contributed by atoms with Crippen LogP contribution in [0.2, 0.25) is 0 Å².